The van der Waals surface area contributed by atoms with Crippen LogP contribution in [0.2, 0.25) is 5.02 Å². The summed E-state index contributed by atoms with van der Waals surface area (Å²) in [6.45, 7) is 2.87. The van der Waals surface area contributed by atoms with Crippen LogP contribution in [0.4, 0.5) is 13.2 Å². The molecular weight excluding hydrogens is 239 g/mol. The van der Waals surface area contributed by atoms with Crippen LogP contribution in [-0.4, -0.2) is 12.2 Å². The molecule has 0 saturated heterocycles. The summed E-state index contributed by atoms with van der Waals surface area (Å²) >= 11 is 5.88. The SMILES string of the molecule is CC(C)(c1ccccc1Cl)C(N)C(F)(F)F. The Labute approximate surface area is 97.4 Å². The number of nitrogens with two attached hydrogens (primary N) is 1. The fourth-order valence-corrected chi connectivity index (χ4v) is 1.94. The van der Waals surface area contributed by atoms with Gasteiger partial charge >= 0.3 is 6.18 Å². The van der Waals surface area contributed by atoms with Gasteiger partial charge < -0.3 is 5.73 Å². The molecule has 0 aliphatic carbocycles. The van der Waals surface area contributed by atoms with Crippen LogP contribution < -0.4 is 5.73 Å². The number of halogens is 4. The van der Waals surface area contributed by atoms with Crippen molar-refractivity contribution in [3.05, 3.63) is 34.9 Å². The highest BCUT2D eigenvalue weighted by Gasteiger charge is 2.47. The average Bonchev–Trinajstić information content (AvgIpc) is 2.15. The Kier molecular flexibility index (Phi) is 3.55. The molecule has 1 aromatic carbocycles. The summed E-state index contributed by atoms with van der Waals surface area (Å²) in [7, 11) is 0. The van der Waals surface area contributed by atoms with Crippen molar-refractivity contribution < 1.29 is 13.2 Å². The number of hydrogen-bond acceptors (Lipinski definition) is 1. The molecule has 16 heavy (non-hydrogen) atoms. The van der Waals surface area contributed by atoms with E-state index in [1.54, 1.807) is 24.3 Å². The minimum atomic E-state index is -4.44. The molecule has 5 heteroatoms. The monoisotopic (exact) mass is 251 g/mol. The van der Waals surface area contributed by atoms with E-state index in [0.717, 1.165) is 0 Å². The van der Waals surface area contributed by atoms with Crippen molar-refractivity contribution in [3.63, 3.8) is 0 Å². The van der Waals surface area contributed by atoms with Crippen molar-refractivity contribution in [1.82, 2.24) is 0 Å². The van der Waals surface area contributed by atoms with Gasteiger partial charge in [-0.25, -0.2) is 0 Å². The highest BCUT2D eigenvalue weighted by molar-refractivity contribution is 6.31. The van der Waals surface area contributed by atoms with E-state index in [4.69, 9.17) is 17.3 Å². The normalized spacial score (nSPS) is 14.9. The van der Waals surface area contributed by atoms with Crippen LogP contribution in [0.25, 0.3) is 0 Å². The van der Waals surface area contributed by atoms with Crippen LogP contribution in [0.5, 0.6) is 0 Å². The average molecular weight is 252 g/mol. The molecule has 1 aromatic rings. The van der Waals surface area contributed by atoms with Crippen LogP contribution in [0.3, 0.4) is 0 Å². The van der Waals surface area contributed by atoms with Crippen LogP contribution >= 0.6 is 11.6 Å². The smallest absolute Gasteiger partial charge is 0.319 e. The van der Waals surface area contributed by atoms with Crippen molar-refractivity contribution in [2.45, 2.75) is 31.5 Å². The van der Waals surface area contributed by atoms with Gasteiger partial charge in [0.1, 0.15) is 6.04 Å². The summed E-state index contributed by atoms with van der Waals surface area (Å²) in [6, 6.07) is 4.49. The molecule has 1 nitrogen and oxygen atoms in total. The first kappa shape index (κ1) is 13.3. The summed E-state index contributed by atoms with van der Waals surface area (Å²) in [5.41, 5.74) is 4.40. The zero-order valence-electron chi connectivity index (χ0n) is 8.98. The van der Waals surface area contributed by atoms with Crippen LogP contribution in [0, 0.1) is 0 Å². The highest BCUT2D eigenvalue weighted by Crippen LogP contribution is 2.37. The van der Waals surface area contributed by atoms with E-state index in [9.17, 15) is 13.2 Å². The van der Waals surface area contributed by atoms with Gasteiger partial charge in [0.15, 0.2) is 0 Å². The van der Waals surface area contributed by atoms with Gasteiger partial charge in [-0.15, -0.1) is 0 Å². The maximum Gasteiger partial charge on any atom is 0.404 e. The van der Waals surface area contributed by atoms with Gasteiger partial charge in [-0.2, -0.15) is 13.2 Å². The molecule has 0 heterocycles. The molecule has 0 spiro atoms. The Morgan fingerprint density at radius 3 is 2.12 bits per heavy atom. The van der Waals surface area contributed by atoms with Gasteiger partial charge in [-0.3, -0.25) is 0 Å². The summed E-state index contributed by atoms with van der Waals surface area (Å²) in [5.74, 6) is 0. The summed E-state index contributed by atoms with van der Waals surface area (Å²) < 4.78 is 37.8. The van der Waals surface area contributed by atoms with E-state index in [2.05, 4.69) is 0 Å². The quantitative estimate of drug-likeness (QED) is 0.855. The van der Waals surface area contributed by atoms with Gasteiger partial charge in [0, 0.05) is 10.4 Å². The fourth-order valence-electron chi connectivity index (χ4n) is 1.56. The summed E-state index contributed by atoms with van der Waals surface area (Å²) in [6.07, 6.45) is -4.44. The third kappa shape index (κ3) is 2.50. The van der Waals surface area contributed by atoms with E-state index in [-0.39, 0.29) is 0 Å². The second-order valence-electron chi connectivity index (χ2n) is 4.22. The van der Waals surface area contributed by atoms with E-state index in [1.165, 1.54) is 13.8 Å². The second-order valence-corrected chi connectivity index (χ2v) is 4.63. The number of rotatable bonds is 2. The van der Waals surface area contributed by atoms with Gasteiger partial charge in [-0.05, 0) is 11.6 Å². The lowest BCUT2D eigenvalue weighted by molar-refractivity contribution is -0.160. The first-order valence-electron chi connectivity index (χ1n) is 4.74. The third-order valence-electron chi connectivity index (χ3n) is 2.70. The molecule has 1 rings (SSSR count). The molecule has 0 aliphatic rings. The first-order valence-corrected chi connectivity index (χ1v) is 5.12. The van der Waals surface area contributed by atoms with E-state index >= 15 is 0 Å². The summed E-state index contributed by atoms with van der Waals surface area (Å²) in [5, 5.41) is 0.298. The van der Waals surface area contributed by atoms with E-state index in [1.807, 2.05) is 0 Å². The molecule has 0 amide bonds. The van der Waals surface area contributed by atoms with Crippen LogP contribution in [-0.2, 0) is 5.41 Å². The van der Waals surface area contributed by atoms with Crippen molar-refractivity contribution >= 4 is 11.6 Å². The minimum absolute atomic E-state index is 0.298. The molecule has 0 fully saturated rings. The van der Waals surface area contributed by atoms with E-state index < -0.39 is 17.6 Å². The zero-order valence-corrected chi connectivity index (χ0v) is 9.73. The molecule has 0 bridgehead atoms. The Hall–Kier alpha value is -0.740. The predicted molar refractivity (Wildman–Crippen MR) is 58.5 cm³/mol. The molecule has 90 valence electrons. The Morgan fingerprint density at radius 2 is 1.69 bits per heavy atom. The highest BCUT2D eigenvalue weighted by atomic mass is 35.5. The molecule has 2 N–H and O–H groups in total. The summed E-state index contributed by atoms with van der Waals surface area (Å²) in [4.78, 5) is 0. The predicted octanol–water partition coefficient (Wildman–Crippen LogP) is 3.51. The lowest BCUT2D eigenvalue weighted by Crippen LogP contribution is -2.51. The van der Waals surface area contributed by atoms with Crippen LogP contribution in [0.1, 0.15) is 19.4 Å². The Morgan fingerprint density at radius 1 is 1.19 bits per heavy atom. The van der Waals surface area contributed by atoms with E-state index in [0.29, 0.717) is 10.6 Å². The number of hydrogen-bond donors (Lipinski definition) is 1. The lowest BCUT2D eigenvalue weighted by Gasteiger charge is -2.34. The molecule has 0 radical (unpaired) electrons. The Balaban J connectivity index is 3.17. The second kappa shape index (κ2) is 4.26. The maximum absolute atomic E-state index is 12.6. The van der Waals surface area contributed by atoms with Gasteiger partial charge in [0.2, 0.25) is 0 Å². The lowest BCUT2D eigenvalue weighted by atomic mass is 9.78. The van der Waals surface area contributed by atoms with Gasteiger partial charge in [0.25, 0.3) is 0 Å². The fraction of sp³-hybridized carbons (Fsp3) is 0.455. The third-order valence-corrected chi connectivity index (χ3v) is 3.03. The van der Waals surface area contributed by atoms with Crippen molar-refractivity contribution in [2.75, 3.05) is 0 Å². The zero-order chi connectivity index (χ0) is 12.6. The van der Waals surface area contributed by atoms with Gasteiger partial charge in [-0.1, -0.05) is 43.6 Å². The molecule has 1 atom stereocenters. The van der Waals surface area contributed by atoms with Gasteiger partial charge in [0.05, 0.1) is 0 Å². The van der Waals surface area contributed by atoms with Crippen LogP contribution in [0.15, 0.2) is 24.3 Å². The standard InChI is InChI=1S/C11H13ClF3N/c1-10(2,9(16)11(13,14)15)7-5-3-4-6-8(7)12/h3-6,9H,16H2,1-2H3. The molecular formula is C11H13ClF3N. The largest absolute Gasteiger partial charge is 0.404 e. The van der Waals surface area contributed by atoms with Crippen molar-refractivity contribution in [2.24, 2.45) is 5.73 Å². The molecule has 0 aromatic heterocycles. The molecule has 0 aliphatic heterocycles. The minimum Gasteiger partial charge on any atom is -0.319 e. The number of benzene rings is 1. The topological polar surface area (TPSA) is 26.0 Å². The number of alkyl halides is 3. The first-order chi connectivity index (χ1) is 7.17. The van der Waals surface area contributed by atoms with Crippen molar-refractivity contribution in [1.29, 1.82) is 0 Å². The van der Waals surface area contributed by atoms with Crippen molar-refractivity contribution in [3.8, 4) is 0 Å². The Bertz CT molecular complexity index is 374. The molecule has 1 unspecified atom stereocenters. The molecule has 0 saturated carbocycles. The maximum atomic E-state index is 12.6.